The van der Waals surface area contributed by atoms with E-state index in [-0.39, 0.29) is 29.2 Å². The van der Waals surface area contributed by atoms with E-state index in [1.165, 1.54) is 11.8 Å². The van der Waals surface area contributed by atoms with Crippen molar-refractivity contribution in [2.24, 2.45) is 0 Å². The quantitative estimate of drug-likeness (QED) is 0.223. The first-order chi connectivity index (χ1) is 18.3. The number of thioether (sulfide) groups is 1. The zero-order valence-corrected chi connectivity index (χ0v) is 23.4. The largest absolute Gasteiger partial charge is 0.490 e. The average Bonchev–Trinajstić information content (AvgIpc) is 3.16. The van der Waals surface area contributed by atoms with Crippen LogP contribution in [0.15, 0.2) is 71.6 Å². The lowest BCUT2D eigenvalue weighted by atomic mass is 10.1. The monoisotopic (exact) mass is 566 g/mol. The summed E-state index contributed by atoms with van der Waals surface area (Å²) in [7, 11) is 0. The lowest BCUT2D eigenvalue weighted by Crippen LogP contribution is -2.30. The lowest BCUT2D eigenvalue weighted by Gasteiger charge is -2.15. The Kier molecular flexibility index (Phi) is 9.44. The van der Waals surface area contributed by atoms with E-state index >= 15 is 0 Å². The number of nitrogens with one attached hydrogen (secondary N) is 1. The number of hydrogen-bond donors (Lipinski definition) is 1. The van der Waals surface area contributed by atoms with Gasteiger partial charge >= 0.3 is 0 Å². The molecule has 0 aromatic heterocycles. The van der Waals surface area contributed by atoms with Crippen LogP contribution in [0.1, 0.15) is 23.6 Å². The van der Waals surface area contributed by atoms with Crippen LogP contribution in [-0.4, -0.2) is 40.8 Å². The second-order valence-corrected chi connectivity index (χ2v) is 10.6. The fourth-order valence-electron chi connectivity index (χ4n) is 3.78. The maximum absolute atomic E-state index is 13.1. The molecule has 1 heterocycles. The molecule has 0 aliphatic carbocycles. The number of nitrogens with zero attached hydrogens (tertiary/aromatic N) is 1. The number of thiocarbonyl (C=S) groups is 1. The van der Waals surface area contributed by atoms with Crippen molar-refractivity contribution in [2.45, 2.75) is 20.3 Å². The molecule has 6 nitrogen and oxygen atoms in total. The number of rotatable bonds is 10. The van der Waals surface area contributed by atoms with Gasteiger partial charge in [0.1, 0.15) is 4.32 Å². The third-order valence-corrected chi connectivity index (χ3v) is 7.31. The van der Waals surface area contributed by atoms with Gasteiger partial charge in [-0.3, -0.25) is 14.5 Å². The van der Waals surface area contributed by atoms with Crippen molar-refractivity contribution in [1.82, 2.24) is 4.90 Å². The second-order valence-electron chi connectivity index (χ2n) is 8.53. The molecule has 9 heteroatoms. The van der Waals surface area contributed by atoms with Crippen molar-refractivity contribution in [3.8, 4) is 11.5 Å². The van der Waals surface area contributed by atoms with Crippen LogP contribution in [0.25, 0.3) is 6.08 Å². The van der Waals surface area contributed by atoms with E-state index in [1.807, 2.05) is 68.4 Å². The third kappa shape index (κ3) is 7.16. The van der Waals surface area contributed by atoms with Gasteiger partial charge in [-0.2, -0.15) is 0 Å². The molecule has 38 heavy (non-hydrogen) atoms. The van der Waals surface area contributed by atoms with Crippen LogP contribution < -0.4 is 14.8 Å². The van der Waals surface area contributed by atoms with E-state index in [4.69, 9.17) is 33.3 Å². The van der Waals surface area contributed by atoms with Gasteiger partial charge < -0.3 is 14.8 Å². The van der Waals surface area contributed by atoms with Crippen LogP contribution in [0.2, 0.25) is 5.02 Å². The maximum atomic E-state index is 13.1. The van der Waals surface area contributed by atoms with Crippen molar-refractivity contribution in [3.63, 3.8) is 0 Å². The molecule has 0 bridgehead atoms. The highest BCUT2D eigenvalue weighted by Gasteiger charge is 2.31. The van der Waals surface area contributed by atoms with Gasteiger partial charge in [-0.1, -0.05) is 83.6 Å². The molecule has 4 rings (SSSR count). The van der Waals surface area contributed by atoms with Gasteiger partial charge in [0.05, 0.1) is 16.5 Å². The molecular weight excluding hydrogens is 540 g/mol. The number of carbonyl (C=O) groups excluding carboxylic acids is 2. The van der Waals surface area contributed by atoms with E-state index in [9.17, 15) is 9.59 Å². The number of ether oxygens (including phenoxy) is 2. The number of anilines is 1. The summed E-state index contributed by atoms with van der Waals surface area (Å²) in [6.45, 7) is 4.45. The van der Waals surface area contributed by atoms with Gasteiger partial charge in [0.25, 0.3) is 11.8 Å². The van der Waals surface area contributed by atoms with Gasteiger partial charge in [-0.05, 0) is 61.7 Å². The number of hydrogen-bond acceptors (Lipinski definition) is 6. The van der Waals surface area contributed by atoms with Crippen molar-refractivity contribution >= 4 is 63.5 Å². The van der Waals surface area contributed by atoms with Gasteiger partial charge in [0.15, 0.2) is 18.1 Å². The summed E-state index contributed by atoms with van der Waals surface area (Å²) < 4.78 is 12.0. The molecule has 2 amide bonds. The minimum Gasteiger partial charge on any atom is -0.490 e. The van der Waals surface area contributed by atoms with Crippen LogP contribution in [-0.2, 0) is 16.0 Å². The highest BCUT2D eigenvalue weighted by molar-refractivity contribution is 8.26. The minimum atomic E-state index is -0.323. The molecule has 0 radical (unpaired) electrons. The molecule has 0 saturated carbocycles. The highest BCUT2D eigenvalue weighted by Crippen LogP contribution is 2.39. The summed E-state index contributed by atoms with van der Waals surface area (Å²) in [5.74, 6) is 0.183. The standard InChI is InChI=1S/C29H27ClN2O4S2/c1-3-35-24-16-21(15-23(30)27(24)36-18-26(33)31-22-11-9-19(2)10-12-22)17-25-28(34)32(29(37)38-25)14-13-20-7-5-4-6-8-20/h4-12,15-17H,3,13-14,18H2,1-2H3,(H,31,33)/b25-17-. The Bertz CT molecular complexity index is 1360. The van der Waals surface area contributed by atoms with Crippen LogP contribution in [0.3, 0.4) is 0 Å². The topological polar surface area (TPSA) is 67.9 Å². The summed E-state index contributed by atoms with van der Waals surface area (Å²) in [6.07, 6.45) is 2.45. The molecule has 3 aromatic carbocycles. The van der Waals surface area contributed by atoms with Crippen molar-refractivity contribution in [1.29, 1.82) is 0 Å². The number of aryl methyl sites for hydroxylation is 1. The Morgan fingerprint density at radius 1 is 1.11 bits per heavy atom. The molecular formula is C29H27ClN2O4S2. The van der Waals surface area contributed by atoms with E-state index < -0.39 is 0 Å². The van der Waals surface area contributed by atoms with Crippen LogP contribution >= 0.6 is 35.6 Å². The second kappa shape index (κ2) is 13.0. The zero-order chi connectivity index (χ0) is 27.1. The smallest absolute Gasteiger partial charge is 0.266 e. The van der Waals surface area contributed by atoms with Gasteiger partial charge in [-0.15, -0.1) is 0 Å². The molecule has 1 saturated heterocycles. The fourth-order valence-corrected chi connectivity index (χ4v) is 5.36. The summed E-state index contributed by atoms with van der Waals surface area (Å²) >= 11 is 13.3. The molecule has 196 valence electrons. The van der Waals surface area contributed by atoms with Gasteiger partial charge in [0.2, 0.25) is 0 Å². The summed E-state index contributed by atoms with van der Waals surface area (Å²) in [6, 6.07) is 20.9. The predicted octanol–water partition coefficient (Wildman–Crippen LogP) is 6.51. The predicted molar refractivity (Wildman–Crippen MR) is 158 cm³/mol. The number of carbonyl (C=O) groups is 2. The Labute approximate surface area is 237 Å². The average molecular weight is 567 g/mol. The van der Waals surface area contributed by atoms with E-state index in [1.54, 1.807) is 23.1 Å². The maximum Gasteiger partial charge on any atom is 0.266 e. The van der Waals surface area contributed by atoms with Crippen LogP contribution in [0.5, 0.6) is 11.5 Å². The van der Waals surface area contributed by atoms with Crippen LogP contribution in [0, 0.1) is 6.92 Å². The summed E-state index contributed by atoms with van der Waals surface area (Å²) in [4.78, 5) is 27.6. The van der Waals surface area contributed by atoms with Gasteiger partial charge in [0, 0.05) is 12.2 Å². The first kappa shape index (κ1) is 27.7. The Hall–Kier alpha value is -3.33. The Morgan fingerprint density at radius 3 is 2.55 bits per heavy atom. The molecule has 1 aliphatic rings. The molecule has 3 aromatic rings. The first-order valence-electron chi connectivity index (χ1n) is 12.1. The van der Waals surface area contributed by atoms with Gasteiger partial charge in [-0.25, -0.2) is 0 Å². The summed E-state index contributed by atoms with van der Waals surface area (Å²) in [5.41, 5.74) is 3.58. The van der Waals surface area contributed by atoms with Crippen molar-refractivity contribution in [3.05, 3.63) is 93.3 Å². The van der Waals surface area contributed by atoms with E-state index in [0.717, 1.165) is 11.1 Å². The molecule has 0 spiro atoms. The Morgan fingerprint density at radius 2 is 1.84 bits per heavy atom. The normalized spacial score (nSPS) is 14.2. The first-order valence-corrected chi connectivity index (χ1v) is 13.7. The SMILES string of the molecule is CCOc1cc(/C=C2\SC(=S)N(CCc3ccccc3)C2=O)cc(Cl)c1OCC(=O)Nc1ccc(C)cc1. The zero-order valence-electron chi connectivity index (χ0n) is 21.0. The lowest BCUT2D eigenvalue weighted by molar-refractivity contribution is -0.122. The highest BCUT2D eigenvalue weighted by atomic mass is 35.5. The minimum absolute atomic E-state index is 0.141. The number of amides is 2. The molecule has 1 N–H and O–H groups in total. The summed E-state index contributed by atoms with van der Waals surface area (Å²) in [5, 5.41) is 3.06. The molecule has 1 fully saturated rings. The Balaban J connectivity index is 1.45. The fraction of sp³-hybridized carbons (Fsp3) is 0.207. The van der Waals surface area contributed by atoms with Crippen molar-refractivity contribution in [2.75, 3.05) is 25.1 Å². The van der Waals surface area contributed by atoms with Crippen LogP contribution in [0.4, 0.5) is 5.69 Å². The third-order valence-electron chi connectivity index (χ3n) is 5.65. The van der Waals surface area contributed by atoms with Crippen molar-refractivity contribution < 1.29 is 19.1 Å². The number of halogens is 1. The molecule has 1 aliphatic heterocycles. The molecule has 0 unspecified atom stereocenters. The molecule has 0 atom stereocenters. The number of benzene rings is 3. The van der Waals surface area contributed by atoms with E-state index in [0.29, 0.717) is 45.8 Å². The van der Waals surface area contributed by atoms with E-state index in [2.05, 4.69) is 5.32 Å².